The van der Waals surface area contributed by atoms with Crippen LogP contribution < -0.4 is 9.47 Å². The van der Waals surface area contributed by atoms with Crippen molar-refractivity contribution < 1.29 is 23.5 Å². The van der Waals surface area contributed by atoms with E-state index in [9.17, 15) is 9.59 Å². The molecule has 0 bridgehead atoms. The van der Waals surface area contributed by atoms with Crippen LogP contribution >= 0.6 is 0 Å². The molecule has 30 heavy (non-hydrogen) atoms. The van der Waals surface area contributed by atoms with E-state index in [0.29, 0.717) is 16.9 Å². The van der Waals surface area contributed by atoms with Crippen molar-refractivity contribution in [2.75, 3.05) is 0 Å². The second kappa shape index (κ2) is 7.04. The van der Waals surface area contributed by atoms with E-state index >= 15 is 0 Å². The molecule has 3 aromatic carbocycles. The first-order valence-electron chi connectivity index (χ1n) is 9.42. The van der Waals surface area contributed by atoms with E-state index in [1.807, 2.05) is 49.4 Å². The maximum absolute atomic E-state index is 12.6. The number of benzene rings is 3. The molecule has 0 saturated carbocycles. The Morgan fingerprint density at radius 1 is 0.967 bits per heavy atom. The number of esters is 1. The Kier molecular flexibility index (Phi) is 4.21. The minimum atomic E-state index is -0.619. The molecule has 0 atom stereocenters. The number of ether oxygens (including phenoxy) is 2. The maximum atomic E-state index is 12.6. The predicted molar refractivity (Wildman–Crippen MR) is 112 cm³/mol. The third-order valence-corrected chi connectivity index (χ3v) is 4.82. The van der Waals surface area contributed by atoms with E-state index in [0.717, 1.165) is 16.5 Å². The highest BCUT2D eigenvalue weighted by Crippen LogP contribution is 2.35. The molecule has 1 aliphatic heterocycles. The number of fused-ring (bicyclic) bond motifs is 2. The highest BCUT2D eigenvalue weighted by Gasteiger charge is 2.28. The number of rotatable bonds is 3. The number of allylic oxidation sites excluding steroid dienone is 1. The van der Waals surface area contributed by atoms with E-state index in [4.69, 9.17) is 13.9 Å². The fourth-order valence-electron chi connectivity index (χ4n) is 3.38. The van der Waals surface area contributed by atoms with Gasteiger partial charge in [0.15, 0.2) is 5.76 Å². The van der Waals surface area contributed by atoms with Gasteiger partial charge in [-0.05, 0) is 42.8 Å². The third kappa shape index (κ3) is 3.26. The van der Waals surface area contributed by atoms with Crippen LogP contribution in [0.2, 0.25) is 0 Å². The Morgan fingerprint density at radius 3 is 2.67 bits per heavy atom. The molecule has 5 rings (SSSR count). The fraction of sp³-hybridized carbons (Fsp3) is 0.0400. The van der Waals surface area contributed by atoms with Crippen molar-refractivity contribution >= 4 is 28.8 Å². The van der Waals surface area contributed by atoms with Crippen molar-refractivity contribution in [2.45, 2.75) is 6.92 Å². The summed E-state index contributed by atoms with van der Waals surface area (Å²) in [5, 5.41) is 0.818. The van der Waals surface area contributed by atoms with Gasteiger partial charge in [-0.1, -0.05) is 48.0 Å². The number of carbonyl (C=O) groups excluding carboxylic acids is 2. The maximum Gasteiger partial charge on any atom is 0.379 e. The van der Waals surface area contributed by atoms with Gasteiger partial charge >= 0.3 is 5.97 Å². The standard InChI is InChI=1S/C25H16O5/c1-15-5-4-6-16(11-15)12-22-24(26)19-10-9-18(14-21(19)30-22)28-25(27)23-13-17-7-2-3-8-20(17)29-23/h2-14H,1H3/b22-12-. The van der Waals surface area contributed by atoms with Gasteiger partial charge in [0.2, 0.25) is 11.5 Å². The van der Waals surface area contributed by atoms with Crippen molar-refractivity contribution in [1.29, 1.82) is 0 Å². The van der Waals surface area contributed by atoms with Crippen molar-refractivity contribution in [3.05, 3.63) is 101 Å². The lowest BCUT2D eigenvalue weighted by Gasteiger charge is -2.04. The average molecular weight is 396 g/mol. The second-order valence-electron chi connectivity index (χ2n) is 7.05. The van der Waals surface area contributed by atoms with Crippen LogP contribution in [0, 0.1) is 6.92 Å². The largest absolute Gasteiger partial charge is 0.452 e. The summed E-state index contributed by atoms with van der Waals surface area (Å²) in [7, 11) is 0. The number of Topliss-reactive ketones (excluding diaryl/α,β-unsaturated/α-hetero) is 1. The smallest absolute Gasteiger partial charge is 0.379 e. The van der Waals surface area contributed by atoms with Crippen LogP contribution in [0.1, 0.15) is 32.0 Å². The van der Waals surface area contributed by atoms with Crippen LogP contribution in [-0.2, 0) is 0 Å². The monoisotopic (exact) mass is 396 g/mol. The van der Waals surface area contributed by atoms with E-state index < -0.39 is 5.97 Å². The molecule has 0 unspecified atom stereocenters. The lowest BCUT2D eigenvalue weighted by Crippen LogP contribution is -2.07. The lowest BCUT2D eigenvalue weighted by molar-refractivity contribution is 0.0703. The molecule has 0 amide bonds. The molecular formula is C25H16O5. The van der Waals surface area contributed by atoms with Crippen molar-refractivity contribution in [1.82, 2.24) is 0 Å². The van der Waals surface area contributed by atoms with Crippen LogP contribution in [0.5, 0.6) is 11.5 Å². The first kappa shape index (κ1) is 17.9. The molecule has 5 nitrogen and oxygen atoms in total. The molecule has 2 heterocycles. The summed E-state index contributed by atoms with van der Waals surface area (Å²) < 4.78 is 16.7. The summed E-state index contributed by atoms with van der Waals surface area (Å²) in [6.07, 6.45) is 1.70. The van der Waals surface area contributed by atoms with Crippen LogP contribution in [0.15, 0.2) is 83.0 Å². The number of carbonyl (C=O) groups is 2. The Hall–Kier alpha value is -4.12. The molecule has 0 N–H and O–H groups in total. The highest BCUT2D eigenvalue weighted by molar-refractivity contribution is 6.14. The van der Waals surface area contributed by atoms with Gasteiger partial charge in [0.1, 0.15) is 17.1 Å². The first-order chi connectivity index (χ1) is 14.6. The summed E-state index contributed by atoms with van der Waals surface area (Å²) in [4.78, 5) is 25.1. The van der Waals surface area contributed by atoms with Gasteiger partial charge in [0.05, 0.1) is 5.56 Å². The van der Waals surface area contributed by atoms with E-state index in [1.165, 1.54) is 6.07 Å². The lowest BCUT2D eigenvalue weighted by atomic mass is 10.1. The van der Waals surface area contributed by atoms with E-state index in [1.54, 1.807) is 30.3 Å². The molecule has 0 aliphatic carbocycles. The number of ketones is 1. The number of hydrogen-bond donors (Lipinski definition) is 0. The van der Waals surface area contributed by atoms with Gasteiger partial charge in [-0.3, -0.25) is 4.79 Å². The van der Waals surface area contributed by atoms with Gasteiger partial charge < -0.3 is 13.9 Å². The second-order valence-corrected chi connectivity index (χ2v) is 7.05. The minimum Gasteiger partial charge on any atom is -0.452 e. The van der Waals surface area contributed by atoms with Crippen LogP contribution in [-0.4, -0.2) is 11.8 Å². The highest BCUT2D eigenvalue weighted by atomic mass is 16.5. The molecule has 1 aliphatic rings. The minimum absolute atomic E-state index is 0.105. The number of aryl methyl sites for hydroxylation is 1. The zero-order valence-electron chi connectivity index (χ0n) is 16.0. The molecule has 0 spiro atoms. The normalized spacial score (nSPS) is 14.0. The Labute approximate surface area is 172 Å². The van der Waals surface area contributed by atoms with Gasteiger partial charge in [0.25, 0.3) is 0 Å². The topological polar surface area (TPSA) is 65.7 Å². The molecule has 0 radical (unpaired) electrons. The van der Waals surface area contributed by atoms with Crippen molar-refractivity contribution in [3.8, 4) is 11.5 Å². The van der Waals surface area contributed by atoms with Gasteiger partial charge in [-0.15, -0.1) is 0 Å². The molecular weight excluding hydrogens is 380 g/mol. The van der Waals surface area contributed by atoms with Gasteiger partial charge in [0, 0.05) is 11.5 Å². The fourth-order valence-corrected chi connectivity index (χ4v) is 3.38. The molecule has 0 fully saturated rings. The van der Waals surface area contributed by atoms with Gasteiger partial charge in [-0.25, -0.2) is 4.79 Å². The first-order valence-corrected chi connectivity index (χ1v) is 9.42. The van der Waals surface area contributed by atoms with E-state index in [2.05, 4.69) is 0 Å². The Bertz CT molecular complexity index is 1310. The van der Waals surface area contributed by atoms with Crippen molar-refractivity contribution in [3.63, 3.8) is 0 Å². The number of furan rings is 1. The summed E-state index contributed by atoms with van der Waals surface area (Å²) in [5.41, 5.74) is 3.01. The van der Waals surface area contributed by atoms with E-state index in [-0.39, 0.29) is 23.1 Å². The predicted octanol–water partition coefficient (Wildman–Crippen LogP) is 5.58. The van der Waals surface area contributed by atoms with Crippen molar-refractivity contribution in [2.24, 2.45) is 0 Å². The molecule has 146 valence electrons. The zero-order chi connectivity index (χ0) is 20.7. The molecule has 4 aromatic rings. The third-order valence-electron chi connectivity index (χ3n) is 4.82. The summed E-state index contributed by atoms with van der Waals surface area (Å²) in [6.45, 7) is 1.98. The molecule has 0 saturated heterocycles. The van der Waals surface area contributed by atoms with Crippen LogP contribution in [0.4, 0.5) is 0 Å². The zero-order valence-corrected chi connectivity index (χ0v) is 16.0. The number of hydrogen-bond acceptors (Lipinski definition) is 5. The summed E-state index contributed by atoms with van der Waals surface area (Å²) in [6, 6.07) is 21.4. The SMILES string of the molecule is Cc1cccc(/C=C2\Oc3cc(OC(=O)c4cc5ccccc5o4)ccc3C2=O)c1. The van der Waals surface area contributed by atoms with Gasteiger partial charge in [-0.2, -0.15) is 0 Å². The van der Waals surface area contributed by atoms with Crippen LogP contribution in [0.3, 0.4) is 0 Å². The molecule has 5 heteroatoms. The number of para-hydroxylation sites is 1. The average Bonchev–Trinajstić information content (AvgIpc) is 3.29. The molecule has 1 aromatic heterocycles. The summed E-state index contributed by atoms with van der Waals surface area (Å²) >= 11 is 0. The van der Waals surface area contributed by atoms with Crippen LogP contribution in [0.25, 0.3) is 17.0 Å². The quantitative estimate of drug-likeness (QED) is 0.257. The Balaban J connectivity index is 1.38. The summed E-state index contributed by atoms with van der Waals surface area (Å²) in [5.74, 6) is 0.135. The Morgan fingerprint density at radius 2 is 1.83 bits per heavy atom.